The molecule has 1 saturated heterocycles. The second-order valence-corrected chi connectivity index (χ2v) is 10.9. The van der Waals surface area contributed by atoms with Crippen LogP contribution in [0.25, 0.3) is 0 Å². The standard InChI is InChI=1S/C22H20Cl2N4O5S2.2H2/c1-14(33-18-4-2-3-17(23)20(18)24)21(30)27-10-11-28(19(29)13-27)15-5-7-16(8-6-15)35(31,32)26-22-25-9-12-34-22;;/h2-9,12,14H,10-11,13H2,1H3,(H,25,26);2*1H/t14-;;/m1../s1. The molecule has 0 saturated carbocycles. The van der Waals surface area contributed by atoms with Crippen molar-refractivity contribution in [3.8, 4) is 5.75 Å². The summed E-state index contributed by atoms with van der Waals surface area (Å²) in [6.07, 6.45) is 0.626. The maximum Gasteiger partial charge on any atom is 0.263 e. The van der Waals surface area contributed by atoms with Crippen LogP contribution < -0.4 is 14.4 Å². The lowest BCUT2D eigenvalue weighted by molar-refractivity contribution is -0.142. The van der Waals surface area contributed by atoms with Gasteiger partial charge in [-0.1, -0.05) is 29.3 Å². The summed E-state index contributed by atoms with van der Waals surface area (Å²) >= 11 is 13.3. The van der Waals surface area contributed by atoms with Crippen LogP contribution >= 0.6 is 34.5 Å². The largest absolute Gasteiger partial charge is 0.479 e. The van der Waals surface area contributed by atoms with Crippen LogP contribution in [0.5, 0.6) is 5.75 Å². The molecule has 1 atom stereocenters. The average Bonchev–Trinajstić information content (AvgIpc) is 3.34. The summed E-state index contributed by atoms with van der Waals surface area (Å²) in [6, 6.07) is 10.8. The van der Waals surface area contributed by atoms with Crippen molar-refractivity contribution in [1.82, 2.24) is 9.88 Å². The van der Waals surface area contributed by atoms with Gasteiger partial charge in [-0.25, -0.2) is 13.4 Å². The van der Waals surface area contributed by atoms with Gasteiger partial charge in [0.05, 0.1) is 9.92 Å². The summed E-state index contributed by atoms with van der Waals surface area (Å²) in [5, 5.41) is 2.45. The van der Waals surface area contributed by atoms with Crippen LogP contribution in [0, 0.1) is 0 Å². The molecule has 1 aromatic heterocycles. The number of hydrogen-bond donors (Lipinski definition) is 1. The third-order valence-electron chi connectivity index (χ3n) is 5.21. The average molecular weight is 559 g/mol. The monoisotopic (exact) mass is 558 g/mol. The Kier molecular flexibility index (Phi) is 7.50. The van der Waals surface area contributed by atoms with Crippen molar-refractivity contribution >= 4 is 67.2 Å². The molecule has 0 unspecified atom stereocenters. The predicted molar refractivity (Wildman–Crippen MR) is 139 cm³/mol. The Balaban J connectivity index is 0.00000241. The number of sulfonamides is 1. The van der Waals surface area contributed by atoms with E-state index in [1.54, 1.807) is 42.6 Å². The summed E-state index contributed by atoms with van der Waals surface area (Å²) in [6.45, 7) is 1.97. The Morgan fingerprint density at radius 2 is 1.94 bits per heavy atom. The van der Waals surface area contributed by atoms with Gasteiger partial charge in [0, 0.05) is 33.2 Å². The van der Waals surface area contributed by atoms with E-state index in [4.69, 9.17) is 27.9 Å². The van der Waals surface area contributed by atoms with E-state index in [1.807, 2.05) is 0 Å². The molecule has 188 valence electrons. The predicted octanol–water partition coefficient (Wildman–Crippen LogP) is 4.39. The minimum Gasteiger partial charge on any atom is -0.479 e. The van der Waals surface area contributed by atoms with E-state index >= 15 is 0 Å². The number of amides is 2. The minimum atomic E-state index is -3.80. The highest BCUT2D eigenvalue weighted by atomic mass is 35.5. The van der Waals surface area contributed by atoms with Crippen molar-refractivity contribution in [1.29, 1.82) is 0 Å². The molecular weight excluding hydrogens is 535 g/mol. The number of nitrogens with one attached hydrogen (secondary N) is 1. The molecule has 0 spiro atoms. The van der Waals surface area contributed by atoms with Crippen molar-refractivity contribution in [3.05, 3.63) is 64.1 Å². The number of piperazine rings is 1. The highest BCUT2D eigenvalue weighted by molar-refractivity contribution is 7.93. The molecular formula is C22H24Cl2N4O5S2. The number of hydrogen-bond acceptors (Lipinski definition) is 7. The maximum atomic E-state index is 12.8. The summed E-state index contributed by atoms with van der Waals surface area (Å²) in [7, 11) is -3.80. The third kappa shape index (κ3) is 5.69. The first kappa shape index (κ1) is 25.2. The summed E-state index contributed by atoms with van der Waals surface area (Å²) < 4.78 is 33.1. The van der Waals surface area contributed by atoms with Crippen LogP contribution in [-0.2, 0) is 19.6 Å². The molecule has 1 fully saturated rings. The van der Waals surface area contributed by atoms with E-state index < -0.39 is 16.1 Å². The Labute approximate surface area is 219 Å². The fourth-order valence-corrected chi connectivity index (χ4v) is 5.59. The first-order valence-corrected chi connectivity index (χ1v) is 13.5. The van der Waals surface area contributed by atoms with Gasteiger partial charge in [0.1, 0.15) is 17.3 Å². The lowest BCUT2D eigenvalue weighted by atomic mass is 10.2. The number of ether oxygens (including phenoxy) is 1. The Morgan fingerprint density at radius 3 is 2.60 bits per heavy atom. The number of aromatic nitrogens is 1. The van der Waals surface area contributed by atoms with Gasteiger partial charge in [0.15, 0.2) is 11.2 Å². The van der Waals surface area contributed by atoms with Crippen molar-refractivity contribution in [2.45, 2.75) is 17.9 Å². The fourth-order valence-electron chi connectivity index (χ4n) is 3.46. The lowest BCUT2D eigenvalue weighted by Crippen LogP contribution is -2.54. The Hall–Kier alpha value is -2.86. The number of anilines is 2. The van der Waals surface area contributed by atoms with Gasteiger partial charge < -0.3 is 14.5 Å². The SMILES string of the molecule is C[C@@H](Oc1cccc(Cl)c1Cl)C(=O)N1CCN(c2ccc(S(=O)(=O)Nc3nccs3)cc2)C(=O)C1.[HH].[HH]. The molecule has 1 N–H and O–H groups in total. The first-order valence-electron chi connectivity index (χ1n) is 10.4. The zero-order chi connectivity index (χ0) is 25.2. The van der Waals surface area contributed by atoms with E-state index in [0.29, 0.717) is 10.7 Å². The summed E-state index contributed by atoms with van der Waals surface area (Å²) in [5.74, 6) is -0.373. The van der Waals surface area contributed by atoms with E-state index in [1.165, 1.54) is 39.5 Å². The van der Waals surface area contributed by atoms with Crippen LogP contribution in [0.3, 0.4) is 0 Å². The Morgan fingerprint density at radius 1 is 1.20 bits per heavy atom. The molecule has 4 rings (SSSR count). The fraction of sp³-hybridized carbons (Fsp3) is 0.227. The second kappa shape index (κ2) is 10.4. The molecule has 1 aliphatic rings. The number of rotatable bonds is 7. The lowest BCUT2D eigenvalue weighted by Gasteiger charge is -2.35. The third-order valence-corrected chi connectivity index (χ3v) is 8.19. The molecule has 1 aliphatic heterocycles. The van der Waals surface area contributed by atoms with E-state index in [9.17, 15) is 18.0 Å². The molecule has 2 heterocycles. The molecule has 9 nitrogen and oxygen atoms in total. The van der Waals surface area contributed by atoms with Crippen LogP contribution in [0.1, 0.15) is 9.78 Å². The zero-order valence-electron chi connectivity index (χ0n) is 18.4. The van der Waals surface area contributed by atoms with E-state index in [0.717, 1.165) is 0 Å². The highest BCUT2D eigenvalue weighted by Crippen LogP contribution is 2.32. The van der Waals surface area contributed by atoms with Gasteiger partial charge in [-0.05, 0) is 43.3 Å². The maximum absolute atomic E-state index is 12.8. The topological polar surface area (TPSA) is 109 Å². The van der Waals surface area contributed by atoms with Gasteiger partial charge in [0.2, 0.25) is 5.91 Å². The number of carbonyl (C=O) groups excluding carboxylic acids is 2. The Bertz CT molecular complexity index is 1350. The quantitative estimate of drug-likeness (QED) is 0.460. The molecule has 2 aromatic carbocycles. The molecule has 3 aromatic rings. The van der Waals surface area contributed by atoms with Crippen LogP contribution in [0.2, 0.25) is 10.0 Å². The first-order chi connectivity index (χ1) is 16.7. The van der Waals surface area contributed by atoms with Crippen LogP contribution in [0.15, 0.2) is 58.9 Å². The van der Waals surface area contributed by atoms with Gasteiger partial charge in [-0.3, -0.25) is 14.3 Å². The smallest absolute Gasteiger partial charge is 0.263 e. The number of carbonyl (C=O) groups is 2. The zero-order valence-corrected chi connectivity index (χ0v) is 21.5. The van der Waals surface area contributed by atoms with Crippen molar-refractivity contribution < 1.29 is 25.6 Å². The normalized spacial score (nSPS) is 15.1. The van der Waals surface area contributed by atoms with Crippen molar-refractivity contribution in [3.63, 3.8) is 0 Å². The number of thiazole rings is 1. The molecule has 13 heteroatoms. The van der Waals surface area contributed by atoms with Gasteiger partial charge in [-0.15, -0.1) is 11.3 Å². The molecule has 0 bridgehead atoms. The molecule has 2 amide bonds. The second-order valence-electron chi connectivity index (χ2n) is 7.55. The van der Waals surface area contributed by atoms with E-state index in [2.05, 4.69) is 9.71 Å². The van der Waals surface area contributed by atoms with Gasteiger partial charge in [-0.2, -0.15) is 0 Å². The number of nitrogens with zero attached hydrogens (tertiary/aromatic N) is 3. The summed E-state index contributed by atoms with van der Waals surface area (Å²) in [4.78, 5) is 32.5. The highest BCUT2D eigenvalue weighted by Gasteiger charge is 2.31. The van der Waals surface area contributed by atoms with Crippen molar-refractivity contribution in [2.75, 3.05) is 29.3 Å². The molecule has 0 radical (unpaired) electrons. The van der Waals surface area contributed by atoms with Crippen LogP contribution in [0.4, 0.5) is 10.8 Å². The van der Waals surface area contributed by atoms with Gasteiger partial charge in [0.25, 0.3) is 15.9 Å². The van der Waals surface area contributed by atoms with Crippen molar-refractivity contribution in [2.24, 2.45) is 0 Å². The number of halogens is 2. The van der Waals surface area contributed by atoms with Crippen LogP contribution in [-0.4, -0.2) is 55.9 Å². The summed E-state index contributed by atoms with van der Waals surface area (Å²) in [5.41, 5.74) is 0.533. The minimum absolute atomic E-state index is 0. The molecule has 35 heavy (non-hydrogen) atoms. The van der Waals surface area contributed by atoms with E-state index in [-0.39, 0.29) is 55.1 Å². The van der Waals surface area contributed by atoms with Gasteiger partial charge >= 0.3 is 0 Å². The number of benzene rings is 2. The molecule has 0 aliphatic carbocycles.